The fourth-order valence-electron chi connectivity index (χ4n) is 2.15. The summed E-state index contributed by atoms with van der Waals surface area (Å²) in [6.07, 6.45) is 1.55. The maximum atomic E-state index is 5.59. The molecule has 1 heterocycles. The molecule has 0 aromatic carbocycles. The van der Waals surface area contributed by atoms with Crippen molar-refractivity contribution in [1.29, 1.82) is 0 Å². The lowest BCUT2D eigenvalue weighted by atomic mass is 10.0. The van der Waals surface area contributed by atoms with Gasteiger partial charge in [0, 0.05) is 24.7 Å². The lowest BCUT2D eigenvalue weighted by molar-refractivity contribution is 0.0644. The molecule has 0 bridgehead atoms. The summed E-state index contributed by atoms with van der Waals surface area (Å²) < 4.78 is 5.59. The fourth-order valence-corrected chi connectivity index (χ4v) is 2.15. The van der Waals surface area contributed by atoms with Crippen LogP contribution in [0, 0.1) is 0 Å². The van der Waals surface area contributed by atoms with Crippen LogP contribution in [0.25, 0.3) is 0 Å². The maximum Gasteiger partial charge on any atom is 0.0703 e. The highest BCUT2D eigenvalue weighted by atomic mass is 16.5. The van der Waals surface area contributed by atoms with Gasteiger partial charge in [0.05, 0.1) is 6.10 Å². The van der Waals surface area contributed by atoms with Crippen molar-refractivity contribution in [3.8, 4) is 0 Å². The Morgan fingerprint density at radius 1 is 1.43 bits per heavy atom. The van der Waals surface area contributed by atoms with E-state index in [-0.39, 0.29) is 0 Å². The molecule has 1 N–H and O–H groups in total. The Balaban J connectivity index is 2.50. The standard InChI is InChI=1S/C11H24N2O/c1-8(12-4)9(2)13(5)11-6-7-14-10(11)3/h8-12H,6-7H2,1-5H3. The second-order valence-electron chi connectivity index (χ2n) is 4.42. The van der Waals surface area contributed by atoms with Crippen LogP contribution in [0.1, 0.15) is 27.2 Å². The molecule has 0 amide bonds. The molecule has 4 unspecified atom stereocenters. The highest BCUT2D eigenvalue weighted by Crippen LogP contribution is 2.20. The molecular weight excluding hydrogens is 176 g/mol. The molecule has 0 spiro atoms. The molecule has 0 aliphatic carbocycles. The number of nitrogens with zero attached hydrogens (tertiary/aromatic N) is 1. The third-order valence-electron chi connectivity index (χ3n) is 3.68. The van der Waals surface area contributed by atoms with Crippen molar-refractivity contribution in [2.24, 2.45) is 0 Å². The van der Waals surface area contributed by atoms with E-state index in [4.69, 9.17) is 4.74 Å². The molecule has 14 heavy (non-hydrogen) atoms. The van der Waals surface area contributed by atoms with Crippen LogP contribution in [0.4, 0.5) is 0 Å². The smallest absolute Gasteiger partial charge is 0.0703 e. The predicted molar refractivity (Wildman–Crippen MR) is 59.6 cm³/mol. The quantitative estimate of drug-likeness (QED) is 0.735. The van der Waals surface area contributed by atoms with Crippen LogP contribution in [0.15, 0.2) is 0 Å². The van der Waals surface area contributed by atoms with Gasteiger partial charge in [-0.05, 0) is 41.3 Å². The lowest BCUT2D eigenvalue weighted by Gasteiger charge is -2.35. The summed E-state index contributed by atoms with van der Waals surface area (Å²) in [5.41, 5.74) is 0. The topological polar surface area (TPSA) is 24.5 Å². The van der Waals surface area contributed by atoms with Gasteiger partial charge in [-0.25, -0.2) is 0 Å². The monoisotopic (exact) mass is 200 g/mol. The Hall–Kier alpha value is -0.120. The minimum Gasteiger partial charge on any atom is -0.377 e. The highest BCUT2D eigenvalue weighted by molar-refractivity contribution is 4.86. The molecule has 0 aromatic heterocycles. The first kappa shape index (κ1) is 12.0. The fraction of sp³-hybridized carbons (Fsp3) is 1.00. The van der Waals surface area contributed by atoms with Crippen molar-refractivity contribution in [1.82, 2.24) is 10.2 Å². The van der Waals surface area contributed by atoms with Crippen LogP contribution in [0.5, 0.6) is 0 Å². The van der Waals surface area contributed by atoms with Crippen LogP contribution in [-0.4, -0.2) is 49.8 Å². The Bertz CT molecular complexity index is 175. The first-order chi connectivity index (χ1) is 6.57. The lowest BCUT2D eigenvalue weighted by Crippen LogP contribution is -2.50. The first-order valence-electron chi connectivity index (χ1n) is 5.58. The zero-order valence-electron chi connectivity index (χ0n) is 10.1. The van der Waals surface area contributed by atoms with Crippen molar-refractivity contribution in [3.63, 3.8) is 0 Å². The largest absolute Gasteiger partial charge is 0.377 e. The van der Waals surface area contributed by atoms with Crippen LogP contribution in [0.2, 0.25) is 0 Å². The Morgan fingerprint density at radius 2 is 2.07 bits per heavy atom. The van der Waals surface area contributed by atoms with Crippen molar-refractivity contribution < 1.29 is 4.74 Å². The van der Waals surface area contributed by atoms with E-state index in [1.54, 1.807) is 0 Å². The van der Waals surface area contributed by atoms with Crippen molar-refractivity contribution in [2.45, 2.75) is 51.4 Å². The zero-order chi connectivity index (χ0) is 10.7. The highest BCUT2D eigenvalue weighted by Gasteiger charge is 2.31. The summed E-state index contributed by atoms with van der Waals surface area (Å²) in [5, 5.41) is 3.30. The number of hydrogen-bond acceptors (Lipinski definition) is 3. The third kappa shape index (κ3) is 2.47. The van der Waals surface area contributed by atoms with Gasteiger partial charge in [0.1, 0.15) is 0 Å². The summed E-state index contributed by atoms with van der Waals surface area (Å²) in [5.74, 6) is 0. The van der Waals surface area contributed by atoms with Gasteiger partial charge in [-0.1, -0.05) is 0 Å². The van der Waals surface area contributed by atoms with Gasteiger partial charge in [-0.2, -0.15) is 0 Å². The molecule has 1 saturated heterocycles. The number of nitrogens with one attached hydrogen (secondary N) is 1. The Labute approximate surface area is 87.8 Å². The predicted octanol–water partition coefficient (Wildman–Crippen LogP) is 1.09. The number of rotatable bonds is 4. The van der Waals surface area contributed by atoms with Crippen LogP contribution in [-0.2, 0) is 4.74 Å². The van der Waals surface area contributed by atoms with Gasteiger partial charge in [0.2, 0.25) is 0 Å². The minimum absolute atomic E-state index is 0.381. The maximum absolute atomic E-state index is 5.59. The van der Waals surface area contributed by atoms with Crippen molar-refractivity contribution in [2.75, 3.05) is 20.7 Å². The summed E-state index contributed by atoms with van der Waals surface area (Å²) in [6, 6.07) is 1.66. The Morgan fingerprint density at radius 3 is 2.50 bits per heavy atom. The van der Waals surface area contributed by atoms with E-state index < -0.39 is 0 Å². The van der Waals surface area contributed by atoms with Gasteiger partial charge >= 0.3 is 0 Å². The summed E-state index contributed by atoms with van der Waals surface area (Å²) in [6.45, 7) is 7.58. The van der Waals surface area contributed by atoms with E-state index in [2.05, 4.69) is 38.0 Å². The molecule has 0 saturated carbocycles. The van der Waals surface area contributed by atoms with Crippen LogP contribution in [0.3, 0.4) is 0 Å². The molecule has 4 atom stereocenters. The zero-order valence-corrected chi connectivity index (χ0v) is 10.1. The molecule has 1 fully saturated rings. The molecule has 0 radical (unpaired) electrons. The number of ether oxygens (including phenoxy) is 1. The molecule has 0 aromatic rings. The SMILES string of the molecule is CNC(C)C(C)N(C)C1CCOC1C. The third-order valence-corrected chi connectivity index (χ3v) is 3.68. The van der Waals surface area contributed by atoms with E-state index in [1.165, 1.54) is 6.42 Å². The second kappa shape index (κ2) is 5.10. The van der Waals surface area contributed by atoms with Crippen LogP contribution < -0.4 is 5.32 Å². The van der Waals surface area contributed by atoms with E-state index in [1.807, 2.05) is 7.05 Å². The molecule has 1 rings (SSSR count). The van der Waals surface area contributed by atoms with Crippen LogP contribution >= 0.6 is 0 Å². The molecule has 1 aliphatic rings. The summed E-state index contributed by atoms with van der Waals surface area (Å²) in [7, 11) is 4.22. The molecular formula is C11H24N2O. The van der Waals surface area contributed by atoms with Gasteiger partial charge < -0.3 is 10.1 Å². The second-order valence-corrected chi connectivity index (χ2v) is 4.42. The van der Waals surface area contributed by atoms with Gasteiger partial charge in [-0.15, -0.1) is 0 Å². The first-order valence-corrected chi connectivity index (χ1v) is 5.58. The number of hydrogen-bond donors (Lipinski definition) is 1. The molecule has 3 nitrogen and oxygen atoms in total. The molecule has 1 aliphatic heterocycles. The van der Waals surface area contributed by atoms with E-state index >= 15 is 0 Å². The van der Waals surface area contributed by atoms with E-state index in [0.717, 1.165) is 6.61 Å². The minimum atomic E-state index is 0.381. The average molecular weight is 200 g/mol. The van der Waals surface area contributed by atoms with Gasteiger partial charge in [0.25, 0.3) is 0 Å². The molecule has 84 valence electrons. The van der Waals surface area contributed by atoms with Gasteiger partial charge in [0.15, 0.2) is 0 Å². The normalized spacial score (nSPS) is 32.1. The van der Waals surface area contributed by atoms with E-state index in [0.29, 0.717) is 24.2 Å². The molecule has 3 heteroatoms. The van der Waals surface area contributed by atoms with Crippen molar-refractivity contribution >= 4 is 0 Å². The van der Waals surface area contributed by atoms with Crippen molar-refractivity contribution in [3.05, 3.63) is 0 Å². The van der Waals surface area contributed by atoms with E-state index in [9.17, 15) is 0 Å². The van der Waals surface area contributed by atoms with Gasteiger partial charge in [-0.3, -0.25) is 4.90 Å². The Kier molecular flexibility index (Phi) is 4.35. The number of likely N-dealkylation sites (N-methyl/N-ethyl adjacent to an activating group) is 2. The summed E-state index contributed by atoms with van der Waals surface area (Å²) in [4.78, 5) is 2.44. The average Bonchev–Trinajstić information content (AvgIpc) is 2.61. The summed E-state index contributed by atoms with van der Waals surface area (Å²) >= 11 is 0.